The quantitative estimate of drug-likeness (QED) is 0.178. The van der Waals surface area contributed by atoms with Gasteiger partial charge in [0.15, 0.2) is 0 Å². The van der Waals surface area contributed by atoms with Gasteiger partial charge in [-0.15, -0.1) is 0 Å². The molecule has 9 aromatic rings. The maximum absolute atomic E-state index is 6.48. The van der Waals surface area contributed by atoms with Crippen molar-refractivity contribution in [3.63, 3.8) is 0 Å². The van der Waals surface area contributed by atoms with Crippen molar-refractivity contribution >= 4 is 44.2 Å². The smallest absolute Gasteiger partial charge is 0.0541 e. The Hall–Kier alpha value is -5.89. The Labute approximate surface area is 284 Å². The Bertz CT molecular complexity index is 2530. The van der Waals surface area contributed by atoms with Crippen LogP contribution in [0.4, 0.5) is 0 Å². The SMILES string of the molecule is Clc1ccc(-c2c(-c3ccc(-n4c5ccccc5c5ccccc54)cc3)c(-c3ccccc3)c3ccccc3c2-c2ccccc2)cc1. The summed E-state index contributed by atoms with van der Waals surface area (Å²) in [7, 11) is 0. The Kier molecular flexibility index (Phi) is 6.92. The number of para-hydroxylation sites is 2. The molecule has 226 valence electrons. The summed E-state index contributed by atoms with van der Waals surface area (Å²) in [5, 5.41) is 5.69. The van der Waals surface area contributed by atoms with Crippen LogP contribution < -0.4 is 0 Å². The summed E-state index contributed by atoms with van der Waals surface area (Å²) >= 11 is 6.48. The van der Waals surface area contributed by atoms with E-state index in [4.69, 9.17) is 11.6 Å². The minimum absolute atomic E-state index is 0.723. The summed E-state index contributed by atoms with van der Waals surface area (Å²) in [4.78, 5) is 0. The van der Waals surface area contributed by atoms with Crippen LogP contribution in [0, 0.1) is 0 Å². The largest absolute Gasteiger partial charge is 0.309 e. The second-order valence-electron chi connectivity index (χ2n) is 12.2. The van der Waals surface area contributed by atoms with Crippen molar-refractivity contribution in [2.75, 3.05) is 0 Å². The molecule has 0 unspecified atom stereocenters. The molecule has 0 bridgehead atoms. The lowest BCUT2D eigenvalue weighted by molar-refractivity contribution is 1.18. The lowest BCUT2D eigenvalue weighted by atomic mass is 9.79. The number of benzene rings is 8. The van der Waals surface area contributed by atoms with Gasteiger partial charge in [0.05, 0.1) is 11.0 Å². The van der Waals surface area contributed by atoms with Crippen molar-refractivity contribution in [3.05, 3.63) is 187 Å². The highest BCUT2D eigenvalue weighted by atomic mass is 35.5. The molecule has 9 rings (SSSR count). The third-order valence-corrected chi connectivity index (χ3v) is 9.72. The first-order valence-corrected chi connectivity index (χ1v) is 16.7. The van der Waals surface area contributed by atoms with Crippen molar-refractivity contribution in [3.8, 4) is 50.2 Å². The van der Waals surface area contributed by atoms with Gasteiger partial charge in [0.2, 0.25) is 0 Å². The maximum atomic E-state index is 6.48. The average molecular weight is 632 g/mol. The van der Waals surface area contributed by atoms with Crippen molar-refractivity contribution in [1.82, 2.24) is 4.57 Å². The Balaban J connectivity index is 1.39. The molecule has 0 atom stereocenters. The molecule has 0 aliphatic heterocycles. The maximum Gasteiger partial charge on any atom is 0.0541 e. The Morgan fingerprint density at radius 1 is 0.292 bits per heavy atom. The van der Waals surface area contributed by atoms with Gasteiger partial charge in [-0.25, -0.2) is 0 Å². The van der Waals surface area contributed by atoms with E-state index in [2.05, 4.69) is 174 Å². The first-order valence-electron chi connectivity index (χ1n) is 16.3. The number of hydrogen-bond acceptors (Lipinski definition) is 0. The summed E-state index contributed by atoms with van der Waals surface area (Å²) in [6.07, 6.45) is 0. The monoisotopic (exact) mass is 631 g/mol. The van der Waals surface area contributed by atoms with Gasteiger partial charge < -0.3 is 4.57 Å². The summed E-state index contributed by atoms with van der Waals surface area (Å²) in [6.45, 7) is 0. The molecule has 1 heterocycles. The van der Waals surface area contributed by atoms with Gasteiger partial charge in [-0.05, 0) is 91.7 Å². The Morgan fingerprint density at radius 3 is 1.10 bits per heavy atom. The van der Waals surface area contributed by atoms with Crippen LogP contribution in [0.15, 0.2) is 182 Å². The van der Waals surface area contributed by atoms with Crippen LogP contribution in [0.1, 0.15) is 0 Å². The fraction of sp³-hybridized carbons (Fsp3) is 0. The molecule has 0 aliphatic carbocycles. The van der Waals surface area contributed by atoms with E-state index < -0.39 is 0 Å². The number of halogens is 1. The molecule has 8 aromatic carbocycles. The molecule has 0 fully saturated rings. The number of fused-ring (bicyclic) bond motifs is 4. The third kappa shape index (κ3) is 4.63. The minimum Gasteiger partial charge on any atom is -0.309 e. The Morgan fingerprint density at radius 2 is 0.646 bits per heavy atom. The first-order chi connectivity index (χ1) is 23.8. The van der Waals surface area contributed by atoms with E-state index in [0.29, 0.717) is 0 Å². The van der Waals surface area contributed by atoms with Crippen LogP contribution in [-0.4, -0.2) is 4.57 Å². The van der Waals surface area contributed by atoms with E-state index in [1.807, 2.05) is 12.1 Å². The van der Waals surface area contributed by atoms with Gasteiger partial charge in [-0.1, -0.05) is 157 Å². The average Bonchev–Trinajstić information content (AvgIpc) is 3.49. The van der Waals surface area contributed by atoms with Crippen LogP contribution in [0.2, 0.25) is 5.02 Å². The van der Waals surface area contributed by atoms with E-state index in [1.165, 1.54) is 66.0 Å². The van der Waals surface area contributed by atoms with E-state index in [-0.39, 0.29) is 0 Å². The van der Waals surface area contributed by atoms with E-state index in [9.17, 15) is 0 Å². The van der Waals surface area contributed by atoms with Crippen molar-refractivity contribution in [1.29, 1.82) is 0 Å². The van der Waals surface area contributed by atoms with Gasteiger partial charge in [0.1, 0.15) is 0 Å². The second kappa shape index (κ2) is 11.7. The highest BCUT2D eigenvalue weighted by Gasteiger charge is 2.24. The summed E-state index contributed by atoms with van der Waals surface area (Å²) in [6, 6.07) is 65.2. The van der Waals surface area contributed by atoms with Gasteiger partial charge in [0.25, 0.3) is 0 Å². The lowest BCUT2D eigenvalue weighted by Crippen LogP contribution is -1.98. The number of nitrogens with zero attached hydrogens (tertiary/aromatic N) is 1. The molecule has 0 amide bonds. The van der Waals surface area contributed by atoms with Gasteiger partial charge in [-0.3, -0.25) is 0 Å². The molecule has 1 nitrogen and oxygen atoms in total. The molecule has 0 spiro atoms. The molecular weight excluding hydrogens is 602 g/mol. The van der Waals surface area contributed by atoms with Crippen LogP contribution in [-0.2, 0) is 0 Å². The van der Waals surface area contributed by atoms with Crippen LogP contribution in [0.3, 0.4) is 0 Å². The van der Waals surface area contributed by atoms with Gasteiger partial charge in [0, 0.05) is 21.5 Å². The topological polar surface area (TPSA) is 4.93 Å². The number of aromatic nitrogens is 1. The normalized spacial score (nSPS) is 11.4. The zero-order valence-electron chi connectivity index (χ0n) is 26.1. The molecule has 0 N–H and O–H groups in total. The molecule has 1 aromatic heterocycles. The molecule has 0 saturated carbocycles. The standard InChI is InChI=1S/C46H30ClN/c47-35-27-23-33(24-28-35)45-43(31-13-3-1-4-14-31)39-19-7-8-20-40(39)44(32-15-5-2-6-16-32)46(45)34-25-29-36(30-26-34)48-41-21-11-9-17-37(41)38-18-10-12-22-42(38)48/h1-30H. The fourth-order valence-corrected chi connectivity index (χ4v) is 7.55. The van der Waals surface area contributed by atoms with E-state index in [0.717, 1.165) is 21.8 Å². The predicted octanol–water partition coefficient (Wildman–Crippen LogP) is 13.3. The molecular formula is C46H30ClN. The van der Waals surface area contributed by atoms with Crippen LogP contribution in [0.5, 0.6) is 0 Å². The van der Waals surface area contributed by atoms with Crippen molar-refractivity contribution in [2.24, 2.45) is 0 Å². The highest BCUT2D eigenvalue weighted by Crippen LogP contribution is 2.51. The summed E-state index contributed by atoms with van der Waals surface area (Å²) < 4.78 is 2.38. The van der Waals surface area contributed by atoms with Crippen molar-refractivity contribution < 1.29 is 0 Å². The zero-order chi connectivity index (χ0) is 32.0. The molecule has 0 saturated heterocycles. The second-order valence-corrected chi connectivity index (χ2v) is 12.6. The van der Waals surface area contributed by atoms with Crippen LogP contribution >= 0.6 is 11.6 Å². The van der Waals surface area contributed by atoms with E-state index in [1.54, 1.807) is 0 Å². The van der Waals surface area contributed by atoms with E-state index >= 15 is 0 Å². The predicted molar refractivity (Wildman–Crippen MR) is 205 cm³/mol. The van der Waals surface area contributed by atoms with Crippen LogP contribution in [0.25, 0.3) is 82.8 Å². The van der Waals surface area contributed by atoms with Gasteiger partial charge in [-0.2, -0.15) is 0 Å². The molecule has 2 heteroatoms. The minimum atomic E-state index is 0.723. The summed E-state index contributed by atoms with van der Waals surface area (Å²) in [5.74, 6) is 0. The van der Waals surface area contributed by atoms with Crippen molar-refractivity contribution in [2.45, 2.75) is 0 Å². The first kappa shape index (κ1) is 28.3. The number of hydrogen-bond donors (Lipinski definition) is 0. The number of rotatable bonds is 5. The summed E-state index contributed by atoms with van der Waals surface area (Å²) in [5.41, 5.74) is 13.0. The fourth-order valence-electron chi connectivity index (χ4n) is 7.42. The molecule has 0 radical (unpaired) electrons. The zero-order valence-corrected chi connectivity index (χ0v) is 26.9. The molecule has 48 heavy (non-hydrogen) atoms. The third-order valence-electron chi connectivity index (χ3n) is 9.47. The highest BCUT2D eigenvalue weighted by molar-refractivity contribution is 6.30. The lowest BCUT2D eigenvalue weighted by Gasteiger charge is -2.24. The molecule has 0 aliphatic rings. The van der Waals surface area contributed by atoms with Gasteiger partial charge >= 0.3 is 0 Å².